The highest BCUT2D eigenvalue weighted by Gasteiger charge is 2.11. The highest BCUT2D eigenvalue weighted by Crippen LogP contribution is 2.21. The summed E-state index contributed by atoms with van der Waals surface area (Å²) < 4.78 is 1.62. The first-order valence-corrected chi connectivity index (χ1v) is 7.12. The predicted octanol–water partition coefficient (Wildman–Crippen LogP) is 1.59. The summed E-state index contributed by atoms with van der Waals surface area (Å²) in [6, 6.07) is 1.92. The lowest BCUT2D eigenvalue weighted by atomic mass is 10.3. The van der Waals surface area contributed by atoms with Gasteiger partial charge in [0.25, 0.3) is 5.56 Å². The molecule has 0 atom stereocenters. The van der Waals surface area contributed by atoms with Crippen LogP contribution in [0.25, 0.3) is 10.2 Å². The molecule has 0 radical (unpaired) electrons. The van der Waals surface area contributed by atoms with E-state index in [-0.39, 0.29) is 17.9 Å². The molecule has 6 heteroatoms. The summed E-state index contributed by atoms with van der Waals surface area (Å²) in [5, 5.41) is 0.673. The lowest BCUT2D eigenvalue weighted by Gasteiger charge is -2.08. The molecule has 2 N–H and O–H groups in total. The van der Waals surface area contributed by atoms with Gasteiger partial charge in [0.1, 0.15) is 10.7 Å². The molecule has 0 saturated heterocycles. The van der Waals surface area contributed by atoms with Gasteiger partial charge in [-0.25, -0.2) is 4.98 Å². The number of amides is 1. The molecule has 2 aromatic rings. The SMILES string of the molecule is CCc1cc2c(=O)n(CCCC(N)=O)c(C)nc2s1. The van der Waals surface area contributed by atoms with Crippen LogP contribution in [0.15, 0.2) is 10.9 Å². The largest absolute Gasteiger partial charge is 0.370 e. The molecule has 0 unspecified atom stereocenters. The Morgan fingerprint density at radius 1 is 1.53 bits per heavy atom. The van der Waals surface area contributed by atoms with E-state index in [1.807, 2.05) is 13.0 Å². The summed E-state index contributed by atoms with van der Waals surface area (Å²) in [7, 11) is 0. The van der Waals surface area contributed by atoms with E-state index >= 15 is 0 Å². The third-order valence-electron chi connectivity index (χ3n) is 3.05. The van der Waals surface area contributed by atoms with E-state index in [0.29, 0.717) is 24.2 Å². The number of carbonyl (C=O) groups excluding carboxylic acids is 1. The van der Waals surface area contributed by atoms with Crippen molar-refractivity contribution in [1.82, 2.24) is 9.55 Å². The van der Waals surface area contributed by atoms with E-state index in [4.69, 9.17) is 5.73 Å². The van der Waals surface area contributed by atoms with Gasteiger partial charge in [-0.3, -0.25) is 14.2 Å². The Bertz CT molecular complexity index is 672. The Hall–Kier alpha value is -1.69. The Labute approximate surface area is 115 Å². The topological polar surface area (TPSA) is 78.0 Å². The molecular formula is C13H17N3O2S. The van der Waals surface area contributed by atoms with Crippen LogP contribution < -0.4 is 11.3 Å². The Balaban J connectivity index is 2.38. The molecular weight excluding hydrogens is 262 g/mol. The minimum absolute atomic E-state index is 0.0251. The van der Waals surface area contributed by atoms with Gasteiger partial charge in [0, 0.05) is 17.8 Å². The fourth-order valence-electron chi connectivity index (χ4n) is 2.02. The molecule has 0 bridgehead atoms. The van der Waals surface area contributed by atoms with Crippen molar-refractivity contribution in [3.8, 4) is 0 Å². The van der Waals surface area contributed by atoms with Gasteiger partial charge in [0.15, 0.2) is 0 Å². The van der Waals surface area contributed by atoms with E-state index in [1.165, 1.54) is 0 Å². The molecule has 2 rings (SSSR count). The van der Waals surface area contributed by atoms with Crippen molar-refractivity contribution in [3.63, 3.8) is 0 Å². The van der Waals surface area contributed by atoms with Crippen molar-refractivity contribution in [2.24, 2.45) is 5.73 Å². The van der Waals surface area contributed by atoms with E-state index in [9.17, 15) is 9.59 Å². The summed E-state index contributed by atoms with van der Waals surface area (Å²) in [6.45, 7) is 4.35. The van der Waals surface area contributed by atoms with Crippen LogP contribution in [0.4, 0.5) is 0 Å². The molecule has 0 aliphatic heterocycles. The van der Waals surface area contributed by atoms with Gasteiger partial charge >= 0.3 is 0 Å². The fraction of sp³-hybridized carbons (Fsp3) is 0.462. The summed E-state index contributed by atoms with van der Waals surface area (Å²) >= 11 is 1.56. The normalized spacial score (nSPS) is 11.1. The number of primary amides is 1. The maximum atomic E-state index is 12.4. The first-order chi connectivity index (χ1) is 9.02. The zero-order valence-corrected chi connectivity index (χ0v) is 11.9. The number of thiophene rings is 1. The number of carbonyl (C=O) groups is 1. The average molecular weight is 279 g/mol. The van der Waals surface area contributed by atoms with E-state index in [2.05, 4.69) is 11.9 Å². The number of aromatic nitrogens is 2. The van der Waals surface area contributed by atoms with Crippen LogP contribution in [0.1, 0.15) is 30.5 Å². The second kappa shape index (κ2) is 5.52. The second-order valence-electron chi connectivity index (χ2n) is 4.47. The van der Waals surface area contributed by atoms with Gasteiger partial charge in [-0.1, -0.05) is 6.92 Å². The second-order valence-corrected chi connectivity index (χ2v) is 5.59. The zero-order chi connectivity index (χ0) is 14.0. The van der Waals surface area contributed by atoms with Gasteiger partial charge in [-0.2, -0.15) is 0 Å². The van der Waals surface area contributed by atoms with Crippen LogP contribution in [0, 0.1) is 6.92 Å². The van der Waals surface area contributed by atoms with Crippen LogP contribution in [0.2, 0.25) is 0 Å². The van der Waals surface area contributed by atoms with Crippen molar-refractivity contribution in [3.05, 3.63) is 27.1 Å². The summed E-state index contributed by atoms with van der Waals surface area (Å²) in [6.07, 6.45) is 1.75. The van der Waals surface area contributed by atoms with Crippen molar-refractivity contribution >= 4 is 27.5 Å². The molecule has 0 spiro atoms. The molecule has 0 aliphatic carbocycles. The number of hydrogen-bond donors (Lipinski definition) is 1. The van der Waals surface area contributed by atoms with Crippen LogP contribution in [-0.2, 0) is 17.8 Å². The highest BCUT2D eigenvalue weighted by atomic mass is 32.1. The zero-order valence-electron chi connectivity index (χ0n) is 11.1. The maximum Gasteiger partial charge on any atom is 0.262 e. The third kappa shape index (κ3) is 2.84. The lowest BCUT2D eigenvalue weighted by Crippen LogP contribution is -2.24. The van der Waals surface area contributed by atoms with Crippen molar-refractivity contribution in [1.29, 1.82) is 0 Å². The molecule has 102 valence electrons. The predicted molar refractivity (Wildman–Crippen MR) is 76.4 cm³/mol. The summed E-state index contributed by atoms with van der Waals surface area (Å²) in [4.78, 5) is 29.5. The molecule has 2 aromatic heterocycles. The van der Waals surface area contributed by atoms with Crippen LogP contribution in [-0.4, -0.2) is 15.5 Å². The maximum absolute atomic E-state index is 12.4. The number of aryl methyl sites for hydroxylation is 2. The van der Waals surface area contributed by atoms with Gasteiger partial charge < -0.3 is 5.73 Å². The van der Waals surface area contributed by atoms with Crippen LogP contribution >= 0.6 is 11.3 Å². The number of fused-ring (bicyclic) bond motifs is 1. The van der Waals surface area contributed by atoms with Crippen LogP contribution in [0.3, 0.4) is 0 Å². The number of rotatable bonds is 5. The highest BCUT2D eigenvalue weighted by molar-refractivity contribution is 7.18. The standard InChI is InChI=1S/C13H17N3O2S/c1-3-9-7-10-12(19-9)15-8(2)16(13(10)18)6-4-5-11(14)17/h7H,3-6H2,1-2H3,(H2,14,17). The molecule has 0 fully saturated rings. The molecule has 5 nitrogen and oxygen atoms in total. The van der Waals surface area contributed by atoms with Crippen molar-refractivity contribution < 1.29 is 4.79 Å². The average Bonchev–Trinajstić information content (AvgIpc) is 2.76. The van der Waals surface area contributed by atoms with Crippen molar-refractivity contribution in [2.45, 2.75) is 39.7 Å². The first kappa shape index (κ1) is 13.7. The lowest BCUT2D eigenvalue weighted by molar-refractivity contribution is -0.118. The van der Waals surface area contributed by atoms with E-state index in [1.54, 1.807) is 15.9 Å². The monoisotopic (exact) mass is 279 g/mol. The molecule has 19 heavy (non-hydrogen) atoms. The Kier molecular flexibility index (Phi) is 3.99. The third-order valence-corrected chi connectivity index (χ3v) is 4.22. The Morgan fingerprint density at radius 2 is 2.26 bits per heavy atom. The summed E-state index contributed by atoms with van der Waals surface area (Å²) in [5.41, 5.74) is 5.08. The number of nitrogens with two attached hydrogens (primary N) is 1. The minimum Gasteiger partial charge on any atom is -0.370 e. The van der Waals surface area contributed by atoms with E-state index < -0.39 is 0 Å². The Morgan fingerprint density at radius 3 is 2.89 bits per heavy atom. The fourth-order valence-corrected chi connectivity index (χ4v) is 3.02. The quantitative estimate of drug-likeness (QED) is 0.902. The van der Waals surface area contributed by atoms with Gasteiger partial charge in [-0.15, -0.1) is 11.3 Å². The van der Waals surface area contributed by atoms with E-state index in [0.717, 1.165) is 16.1 Å². The molecule has 2 heterocycles. The minimum atomic E-state index is -0.344. The van der Waals surface area contributed by atoms with Gasteiger partial charge in [0.05, 0.1) is 5.39 Å². The van der Waals surface area contributed by atoms with Crippen molar-refractivity contribution in [2.75, 3.05) is 0 Å². The number of hydrogen-bond acceptors (Lipinski definition) is 4. The smallest absolute Gasteiger partial charge is 0.262 e. The molecule has 0 aliphatic rings. The molecule has 0 saturated carbocycles. The van der Waals surface area contributed by atoms with Crippen LogP contribution in [0.5, 0.6) is 0 Å². The summed E-state index contributed by atoms with van der Waals surface area (Å²) in [5.74, 6) is 0.343. The van der Waals surface area contributed by atoms with Gasteiger partial charge in [-0.05, 0) is 25.8 Å². The molecule has 1 amide bonds. The molecule has 0 aromatic carbocycles. The van der Waals surface area contributed by atoms with Gasteiger partial charge in [0.2, 0.25) is 5.91 Å². The first-order valence-electron chi connectivity index (χ1n) is 6.31. The number of nitrogens with zero attached hydrogens (tertiary/aromatic N) is 2.